The molecule has 2 atom stereocenters. The number of benzene rings is 1. The van der Waals surface area contributed by atoms with Crippen molar-refractivity contribution in [2.24, 2.45) is 11.8 Å². The monoisotopic (exact) mass is 495 g/mol. The van der Waals surface area contributed by atoms with Crippen LogP contribution in [0.25, 0.3) is 0 Å². The van der Waals surface area contributed by atoms with Crippen molar-refractivity contribution in [3.8, 4) is 0 Å². The zero-order valence-corrected chi connectivity index (χ0v) is 23.4. The minimum absolute atomic E-state index is 0.651. The normalized spacial score (nSPS) is 23.6. The molecule has 2 fully saturated rings. The van der Waals surface area contributed by atoms with Crippen molar-refractivity contribution in [3.63, 3.8) is 0 Å². The maximum Gasteiger partial charge on any atom is 0.169 e. The molecule has 6 heteroatoms. The van der Waals surface area contributed by atoms with E-state index in [-0.39, 0.29) is 0 Å². The maximum absolute atomic E-state index is 12.3. The molecule has 1 saturated heterocycles. The zero-order valence-electron chi connectivity index (χ0n) is 21.8. The van der Waals surface area contributed by atoms with Crippen molar-refractivity contribution in [1.82, 2.24) is 13.7 Å². The fraction of sp³-hybridized carbons (Fsp3) is 0.778. The van der Waals surface area contributed by atoms with Crippen molar-refractivity contribution in [3.05, 3.63) is 35.4 Å². The molecular weight excluding hydrogens is 446 g/mol. The van der Waals surface area contributed by atoms with E-state index in [1.807, 2.05) is 25.8 Å². The molecule has 0 amide bonds. The van der Waals surface area contributed by atoms with E-state index in [0.29, 0.717) is 5.25 Å². The van der Waals surface area contributed by atoms with Crippen molar-refractivity contribution in [2.75, 3.05) is 26.2 Å². The average Bonchev–Trinajstić information content (AvgIpc) is 2.86. The average molecular weight is 496 g/mol. The molecule has 190 valence electrons. The second kappa shape index (κ2) is 16.3. The molecule has 2 unspecified atom stereocenters. The molecule has 2 N–H and O–H groups in total. The van der Waals surface area contributed by atoms with Gasteiger partial charge in [-0.25, -0.2) is 13.2 Å². The summed E-state index contributed by atoms with van der Waals surface area (Å²) < 4.78 is 21.2. The van der Waals surface area contributed by atoms with Crippen LogP contribution in [0.1, 0.15) is 96.6 Å². The minimum atomic E-state index is -1.02. The summed E-state index contributed by atoms with van der Waals surface area (Å²) in [5, 5.41) is 0.651. The van der Waals surface area contributed by atoms with E-state index in [1.165, 1.54) is 56.1 Å². The highest BCUT2D eigenvalue weighted by molar-refractivity contribution is 7.97. The van der Waals surface area contributed by atoms with E-state index in [9.17, 15) is 4.21 Å². The van der Waals surface area contributed by atoms with Crippen LogP contribution >= 0.6 is 11.9 Å². The topological polar surface area (TPSA) is 44.4 Å². The predicted molar refractivity (Wildman–Crippen MR) is 148 cm³/mol. The Kier molecular flexibility index (Phi) is 14.2. The first kappa shape index (κ1) is 28.8. The van der Waals surface area contributed by atoms with Gasteiger partial charge < -0.3 is 0 Å². The van der Waals surface area contributed by atoms with Gasteiger partial charge in [0.1, 0.15) is 0 Å². The van der Waals surface area contributed by atoms with E-state index < -0.39 is 11.2 Å². The summed E-state index contributed by atoms with van der Waals surface area (Å²) in [6.45, 7) is 14.7. The highest BCUT2D eigenvalue weighted by Gasteiger charge is 2.26. The number of piperidine rings is 1. The third-order valence-electron chi connectivity index (χ3n) is 6.94. The lowest BCUT2D eigenvalue weighted by Crippen LogP contribution is -2.39. The van der Waals surface area contributed by atoms with Crippen LogP contribution in [0.15, 0.2) is 24.3 Å². The van der Waals surface area contributed by atoms with Crippen LogP contribution in [0.3, 0.4) is 0 Å². The highest BCUT2D eigenvalue weighted by Crippen LogP contribution is 2.38. The number of rotatable bonds is 11. The van der Waals surface area contributed by atoms with Crippen molar-refractivity contribution in [1.29, 1.82) is 0 Å². The Morgan fingerprint density at radius 1 is 1.00 bits per heavy atom. The quantitative estimate of drug-likeness (QED) is 0.346. The lowest BCUT2D eigenvalue weighted by Gasteiger charge is -2.32. The van der Waals surface area contributed by atoms with Crippen LogP contribution < -0.4 is 9.44 Å². The van der Waals surface area contributed by atoms with Gasteiger partial charge in [0.15, 0.2) is 11.2 Å². The molecular formula is C27H49N3OS2. The summed E-state index contributed by atoms with van der Waals surface area (Å²) in [5.41, 5.74) is 2.84. The van der Waals surface area contributed by atoms with Gasteiger partial charge in [-0.1, -0.05) is 77.3 Å². The van der Waals surface area contributed by atoms with Gasteiger partial charge in [-0.3, -0.25) is 4.72 Å². The summed E-state index contributed by atoms with van der Waals surface area (Å²) in [4.78, 5) is 0. The molecule has 0 aromatic heterocycles. The molecule has 0 bridgehead atoms. The van der Waals surface area contributed by atoms with Crippen LogP contribution in [0.5, 0.6) is 0 Å². The Hall–Kier alpha value is -0.400. The molecule has 1 aromatic carbocycles. The first-order valence-corrected chi connectivity index (χ1v) is 15.4. The van der Waals surface area contributed by atoms with Gasteiger partial charge in [-0.2, -0.15) is 0 Å². The van der Waals surface area contributed by atoms with Crippen LogP contribution in [-0.2, 0) is 17.6 Å². The predicted octanol–water partition coefficient (Wildman–Crippen LogP) is 6.47. The molecule has 1 heterocycles. The SMILES string of the molecule is CC.CC(C)SNCC(C)C1CCC(c2ccc(CCNS(=O)N3CCCCC3)cc2)CC1. The Labute approximate surface area is 211 Å². The van der Waals surface area contributed by atoms with E-state index >= 15 is 0 Å². The Morgan fingerprint density at radius 2 is 1.64 bits per heavy atom. The Bertz CT molecular complexity index is 654. The van der Waals surface area contributed by atoms with Gasteiger partial charge in [0, 0.05) is 31.4 Å². The largest absolute Gasteiger partial charge is 0.264 e. The van der Waals surface area contributed by atoms with Gasteiger partial charge in [0.25, 0.3) is 0 Å². The number of nitrogens with zero attached hydrogens (tertiary/aromatic N) is 1. The molecule has 4 nitrogen and oxygen atoms in total. The van der Waals surface area contributed by atoms with Crippen molar-refractivity contribution >= 4 is 23.1 Å². The van der Waals surface area contributed by atoms with E-state index in [1.54, 1.807) is 0 Å². The van der Waals surface area contributed by atoms with Crippen LogP contribution in [0.4, 0.5) is 0 Å². The molecule has 3 rings (SSSR count). The summed E-state index contributed by atoms with van der Waals surface area (Å²) in [7, 11) is 0. The smallest absolute Gasteiger partial charge is 0.169 e. The van der Waals surface area contributed by atoms with Gasteiger partial charge in [-0.15, -0.1) is 0 Å². The fourth-order valence-corrected chi connectivity index (χ4v) is 6.64. The van der Waals surface area contributed by atoms with Crippen molar-refractivity contribution in [2.45, 2.75) is 97.2 Å². The summed E-state index contributed by atoms with van der Waals surface area (Å²) in [5.74, 6) is 2.35. The molecule has 2 aliphatic rings. The molecule has 1 aliphatic carbocycles. The Morgan fingerprint density at radius 3 is 2.24 bits per heavy atom. The second-order valence-corrected chi connectivity index (χ2v) is 12.5. The van der Waals surface area contributed by atoms with Gasteiger partial charge in [-0.05, 0) is 73.8 Å². The molecule has 1 saturated carbocycles. The van der Waals surface area contributed by atoms with Crippen LogP contribution in [0.2, 0.25) is 0 Å². The standard InChI is InChI=1S/C25H43N3OS2.C2H6/c1-20(2)30-26-19-21(3)23-11-13-25(14-12-23)24-9-7-22(8-10-24)15-16-27-31(29)28-17-5-4-6-18-28;1-2/h7-10,20-21,23,25-27H,4-6,11-19H2,1-3H3;1-2H3. The van der Waals surface area contributed by atoms with Gasteiger partial charge in [0.2, 0.25) is 0 Å². The van der Waals surface area contributed by atoms with Crippen LogP contribution in [-0.4, -0.2) is 39.9 Å². The van der Waals surface area contributed by atoms with Crippen molar-refractivity contribution < 1.29 is 4.21 Å². The minimum Gasteiger partial charge on any atom is -0.264 e. The molecule has 0 spiro atoms. The van der Waals surface area contributed by atoms with Gasteiger partial charge in [0.05, 0.1) is 0 Å². The summed E-state index contributed by atoms with van der Waals surface area (Å²) in [6, 6.07) is 9.24. The molecule has 0 radical (unpaired) electrons. The molecule has 1 aromatic rings. The molecule has 33 heavy (non-hydrogen) atoms. The first-order valence-electron chi connectivity index (χ1n) is 13.4. The second-order valence-electron chi connectivity index (χ2n) is 9.73. The number of hydrogen-bond acceptors (Lipinski definition) is 3. The Balaban J connectivity index is 0.00000187. The fourth-order valence-electron chi connectivity index (χ4n) is 4.90. The maximum atomic E-state index is 12.3. The third kappa shape index (κ3) is 10.4. The molecule has 1 aliphatic heterocycles. The number of hydrogen-bond donors (Lipinski definition) is 2. The van der Waals surface area contributed by atoms with E-state index in [2.05, 4.69) is 58.8 Å². The third-order valence-corrected chi connectivity index (χ3v) is 9.03. The highest BCUT2D eigenvalue weighted by atomic mass is 32.2. The number of nitrogens with one attached hydrogen (secondary N) is 2. The lowest BCUT2D eigenvalue weighted by atomic mass is 9.74. The van der Waals surface area contributed by atoms with E-state index in [0.717, 1.165) is 50.4 Å². The van der Waals surface area contributed by atoms with Gasteiger partial charge >= 0.3 is 0 Å². The summed E-state index contributed by atoms with van der Waals surface area (Å²) in [6.07, 6.45) is 9.90. The van der Waals surface area contributed by atoms with E-state index in [4.69, 9.17) is 0 Å². The zero-order chi connectivity index (χ0) is 24.1. The lowest BCUT2D eigenvalue weighted by molar-refractivity contribution is 0.247. The summed E-state index contributed by atoms with van der Waals surface area (Å²) >= 11 is 0.840. The van der Waals surface area contributed by atoms with Crippen LogP contribution in [0, 0.1) is 11.8 Å². The first-order chi connectivity index (χ1) is 16.0.